The van der Waals surface area contributed by atoms with E-state index in [4.69, 9.17) is 11.6 Å². The summed E-state index contributed by atoms with van der Waals surface area (Å²) in [6.45, 7) is 7.71. The second-order valence-corrected chi connectivity index (χ2v) is 7.35. The van der Waals surface area contributed by atoms with Crippen LogP contribution >= 0.6 is 22.9 Å². The zero-order chi connectivity index (χ0) is 13.1. The normalized spacial score (nSPS) is 26.2. The van der Waals surface area contributed by atoms with E-state index in [1.165, 1.54) is 36.1 Å². The second-order valence-electron chi connectivity index (χ2n) is 5.66. The first-order valence-electron chi connectivity index (χ1n) is 7.11. The Balaban J connectivity index is 2.12. The number of halogens is 1. The van der Waals surface area contributed by atoms with Gasteiger partial charge in [-0.3, -0.25) is 0 Å². The van der Waals surface area contributed by atoms with Crippen LogP contribution in [0.1, 0.15) is 56.0 Å². The summed E-state index contributed by atoms with van der Waals surface area (Å²) in [5.74, 6) is 1.70. The first-order valence-corrected chi connectivity index (χ1v) is 8.30. The van der Waals surface area contributed by atoms with E-state index in [2.05, 4.69) is 32.2 Å². The van der Waals surface area contributed by atoms with Crippen molar-refractivity contribution in [2.24, 2.45) is 11.8 Å². The molecule has 1 fully saturated rings. The van der Waals surface area contributed by atoms with E-state index in [1.807, 2.05) is 0 Å². The minimum atomic E-state index is 0.513. The standard InChI is InChI=1S/C15H24ClNS/c1-4-17-14(12-7-5-10(2)6-8-12)13-9-11(3)15(16)18-13/h9-10,12,14,17H,4-8H2,1-3H3. The summed E-state index contributed by atoms with van der Waals surface area (Å²) in [4.78, 5) is 1.43. The highest BCUT2D eigenvalue weighted by Gasteiger charge is 2.28. The first kappa shape index (κ1) is 14.4. The summed E-state index contributed by atoms with van der Waals surface area (Å²) in [5, 5.41) is 3.68. The Bertz CT molecular complexity index is 360. The van der Waals surface area contributed by atoms with Crippen LogP contribution < -0.4 is 5.32 Å². The molecule has 0 aliphatic heterocycles. The van der Waals surface area contributed by atoms with Crippen LogP contribution in [0.3, 0.4) is 0 Å². The molecule has 1 nitrogen and oxygen atoms in total. The molecule has 0 amide bonds. The Morgan fingerprint density at radius 3 is 2.56 bits per heavy atom. The lowest BCUT2D eigenvalue weighted by Gasteiger charge is -2.32. The molecule has 0 aromatic carbocycles. The van der Waals surface area contributed by atoms with E-state index in [1.54, 1.807) is 11.3 Å². The van der Waals surface area contributed by atoms with E-state index >= 15 is 0 Å². The molecule has 3 heteroatoms. The van der Waals surface area contributed by atoms with Crippen LogP contribution in [0, 0.1) is 18.8 Å². The van der Waals surface area contributed by atoms with Gasteiger partial charge in [0.1, 0.15) is 0 Å². The number of aryl methyl sites for hydroxylation is 1. The van der Waals surface area contributed by atoms with Gasteiger partial charge in [0.25, 0.3) is 0 Å². The zero-order valence-corrected chi connectivity index (χ0v) is 13.2. The second kappa shape index (κ2) is 6.40. The molecule has 1 heterocycles. The van der Waals surface area contributed by atoms with Crippen LogP contribution in [0.4, 0.5) is 0 Å². The van der Waals surface area contributed by atoms with Gasteiger partial charge >= 0.3 is 0 Å². The molecule has 0 bridgehead atoms. The van der Waals surface area contributed by atoms with Crippen LogP contribution in [-0.4, -0.2) is 6.54 Å². The molecule has 2 rings (SSSR count). The lowest BCUT2D eigenvalue weighted by atomic mass is 9.79. The van der Waals surface area contributed by atoms with E-state index in [9.17, 15) is 0 Å². The number of rotatable bonds is 4. The molecule has 0 spiro atoms. The lowest BCUT2D eigenvalue weighted by molar-refractivity contribution is 0.235. The van der Waals surface area contributed by atoms with Crippen LogP contribution in [0.5, 0.6) is 0 Å². The predicted molar refractivity (Wildman–Crippen MR) is 81.6 cm³/mol. The number of hydrogen-bond acceptors (Lipinski definition) is 2. The highest BCUT2D eigenvalue weighted by molar-refractivity contribution is 7.16. The molecule has 1 aromatic heterocycles. The lowest BCUT2D eigenvalue weighted by Crippen LogP contribution is -2.30. The molecule has 1 aliphatic carbocycles. The number of hydrogen-bond donors (Lipinski definition) is 1. The van der Waals surface area contributed by atoms with Crippen molar-refractivity contribution in [2.45, 2.75) is 52.5 Å². The van der Waals surface area contributed by atoms with Crippen molar-refractivity contribution in [2.75, 3.05) is 6.54 Å². The maximum Gasteiger partial charge on any atom is 0.0960 e. The van der Waals surface area contributed by atoms with Gasteiger partial charge in [0, 0.05) is 10.9 Å². The fourth-order valence-corrected chi connectivity index (χ4v) is 4.36. The van der Waals surface area contributed by atoms with Crippen molar-refractivity contribution in [1.82, 2.24) is 5.32 Å². The molecular formula is C15H24ClNS. The topological polar surface area (TPSA) is 12.0 Å². The average Bonchev–Trinajstić information content (AvgIpc) is 2.68. The smallest absolute Gasteiger partial charge is 0.0960 e. The maximum absolute atomic E-state index is 6.23. The average molecular weight is 286 g/mol. The van der Waals surface area contributed by atoms with Gasteiger partial charge in [-0.05, 0) is 49.8 Å². The van der Waals surface area contributed by atoms with Crippen molar-refractivity contribution in [1.29, 1.82) is 0 Å². The largest absolute Gasteiger partial charge is 0.309 e. The maximum atomic E-state index is 6.23. The SMILES string of the molecule is CCNC(c1cc(C)c(Cl)s1)C1CCC(C)CC1. The highest BCUT2D eigenvalue weighted by Crippen LogP contribution is 2.40. The monoisotopic (exact) mass is 285 g/mol. The van der Waals surface area contributed by atoms with Crippen molar-refractivity contribution < 1.29 is 0 Å². The van der Waals surface area contributed by atoms with Crippen LogP contribution in [-0.2, 0) is 0 Å². The Morgan fingerprint density at radius 1 is 1.39 bits per heavy atom. The molecule has 1 N–H and O–H groups in total. The molecule has 1 aromatic rings. The Hall–Kier alpha value is -0.0500. The van der Waals surface area contributed by atoms with Gasteiger partial charge in [0.15, 0.2) is 0 Å². The van der Waals surface area contributed by atoms with Crippen molar-refractivity contribution in [3.8, 4) is 0 Å². The predicted octanol–water partition coefficient (Wildman–Crippen LogP) is 5.19. The van der Waals surface area contributed by atoms with Gasteiger partial charge in [-0.25, -0.2) is 0 Å². The molecular weight excluding hydrogens is 262 g/mol. The van der Waals surface area contributed by atoms with Gasteiger partial charge in [-0.15, -0.1) is 11.3 Å². The molecule has 0 radical (unpaired) electrons. The third kappa shape index (κ3) is 3.28. The zero-order valence-electron chi connectivity index (χ0n) is 11.6. The summed E-state index contributed by atoms with van der Waals surface area (Å²) in [6, 6.07) is 2.79. The van der Waals surface area contributed by atoms with E-state index in [-0.39, 0.29) is 0 Å². The summed E-state index contributed by atoms with van der Waals surface area (Å²) in [5.41, 5.74) is 1.23. The summed E-state index contributed by atoms with van der Waals surface area (Å²) < 4.78 is 0.956. The summed E-state index contributed by atoms with van der Waals surface area (Å²) in [7, 11) is 0. The van der Waals surface area contributed by atoms with Gasteiger partial charge in [0.05, 0.1) is 4.34 Å². The molecule has 102 valence electrons. The van der Waals surface area contributed by atoms with Gasteiger partial charge in [0.2, 0.25) is 0 Å². The first-order chi connectivity index (χ1) is 8.61. The summed E-state index contributed by atoms with van der Waals surface area (Å²) >= 11 is 7.99. The quantitative estimate of drug-likeness (QED) is 0.803. The van der Waals surface area contributed by atoms with Gasteiger partial charge in [-0.2, -0.15) is 0 Å². The number of nitrogens with one attached hydrogen (secondary N) is 1. The molecule has 1 saturated carbocycles. The fourth-order valence-electron chi connectivity index (χ4n) is 2.98. The van der Waals surface area contributed by atoms with Crippen LogP contribution in [0.15, 0.2) is 6.07 Å². The molecule has 18 heavy (non-hydrogen) atoms. The van der Waals surface area contributed by atoms with Crippen LogP contribution in [0.2, 0.25) is 4.34 Å². The highest BCUT2D eigenvalue weighted by atomic mass is 35.5. The van der Waals surface area contributed by atoms with Crippen LogP contribution in [0.25, 0.3) is 0 Å². The van der Waals surface area contributed by atoms with Crippen molar-refractivity contribution in [3.05, 3.63) is 20.8 Å². The van der Waals surface area contributed by atoms with Gasteiger partial charge in [-0.1, -0.05) is 38.3 Å². The minimum Gasteiger partial charge on any atom is -0.309 e. The molecule has 1 aliphatic rings. The fraction of sp³-hybridized carbons (Fsp3) is 0.733. The van der Waals surface area contributed by atoms with Crippen molar-refractivity contribution >= 4 is 22.9 Å². The number of thiophene rings is 1. The molecule has 1 atom stereocenters. The van der Waals surface area contributed by atoms with E-state index in [0.29, 0.717) is 6.04 Å². The minimum absolute atomic E-state index is 0.513. The third-order valence-corrected chi connectivity index (χ3v) is 5.78. The molecule has 1 unspecified atom stereocenters. The van der Waals surface area contributed by atoms with Gasteiger partial charge < -0.3 is 5.32 Å². The molecule has 0 saturated heterocycles. The summed E-state index contributed by atoms with van der Waals surface area (Å²) in [6.07, 6.45) is 5.47. The Labute approximate surface area is 120 Å². The van der Waals surface area contributed by atoms with Crippen molar-refractivity contribution in [3.63, 3.8) is 0 Å². The van der Waals surface area contributed by atoms with E-state index in [0.717, 1.165) is 22.7 Å². The Kier molecular flexibility index (Phi) is 5.11. The Morgan fingerprint density at radius 2 is 2.06 bits per heavy atom. The van der Waals surface area contributed by atoms with E-state index < -0.39 is 0 Å². The third-order valence-electron chi connectivity index (χ3n) is 4.14.